The average Bonchev–Trinajstić information content (AvgIpc) is 3.04. The molecule has 1 fully saturated rings. The van der Waals surface area contributed by atoms with Crippen molar-refractivity contribution in [3.05, 3.63) is 111 Å². The maximum absolute atomic E-state index is 13.1. The van der Waals surface area contributed by atoms with Gasteiger partial charge in [-0.05, 0) is 37.1 Å². The third kappa shape index (κ3) is 3.54. The summed E-state index contributed by atoms with van der Waals surface area (Å²) in [5.74, 6) is -2.06. The Bertz CT molecular complexity index is 1280. The summed E-state index contributed by atoms with van der Waals surface area (Å²) >= 11 is 0. The number of amides is 1. The van der Waals surface area contributed by atoms with Crippen molar-refractivity contribution in [1.82, 2.24) is 0 Å². The lowest BCUT2D eigenvalue weighted by Crippen LogP contribution is -2.29. The number of hydrogen-bond acceptors (Lipinski definition) is 5. The second-order valence-corrected chi connectivity index (χ2v) is 7.67. The van der Waals surface area contributed by atoms with E-state index in [0.717, 1.165) is 11.1 Å². The fraction of sp³-hybridized carbons (Fsp3) is 0.120. The van der Waals surface area contributed by atoms with Crippen LogP contribution in [0, 0.1) is 24.0 Å². The van der Waals surface area contributed by atoms with Gasteiger partial charge in [0.05, 0.1) is 16.5 Å². The van der Waals surface area contributed by atoms with E-state index < -0.39 is 28.4 Å². The molecule has 160 valence electrons. The number of nitro benzene ring substituents is 1. The molecular formula is C25H20N2O5. The Morgan fingerprint density at radius 2 is 1.66 bits per heavy atom. The van der Waals surface area contributed by atoms with Crippen LogP contribution in [0.15, 0.2) is 78.4 Å². The Balaban J connectivity index is 1.97. The van der Waals surface area contributed by atoms with Gasteiger partial charge in [0.1, 0.15) is 5.76 Å². The number of rotatable bonds is 4. The zero-order chi connectivity index (χ0) is 23.0. The number of Topliss-reactive ketones (excluding diaryl/α,β-unsaturated/α-hetero) is 1. The Hall–Kier alpha value is -4.26. The number of aliphatic hydroxyl groups is 1. The summed E-state index contributed by atoms with van der Waals surface area (Å²) in [7, 11) is 0. The first-order valence-electron chi connectivity index (χ1n) is 9.97. The molecule has 7 nitrogen and oxygen atoms in total. The Morgan fingerprint density at radius 3 is 2.31 bits per heavy atom. The van der Waals surface area contributed by atoms with E-state index in [1.54, 1.807) is 24.3 Å². The van der Waals surface area contributed by atoms with Gasteiger partial charge >= 0.3 is 0 Å². The van der Waals surface area contributed by atoms with Crippen LogP contribution in [0.2, 0.25) is 0 Å². The number of nitro groups is 1. The second kappa shape index (κ2) is 8.11. The molecule has 0 spiro atoms. The molecule has 1 N–H and O–H groups in total. The van der Waals surface area contributed by atoms with Gasteiger partial charge in [-0.1, -0.05) is 54.1 Å². The molecule has 1 unspecified atom stereocenters. The molecule has 0 saturated carbocycles. The predicted octanol–water partition coefficient (Wildman–Crippen LogP) is 4.84. The first kappa shape index (κ1) is 21.0. The van der Waals surface area contributed by atoms with Crippen molar-refractivity contribution >= 4 is 28.8 Å². The first-order chi connectivity index (χ1) is 15.3. The van der Waals surface area contributed by atoms with Gasteiger partial charge in [-0.15, -0.1) is 0 Å². The van der Waals surface area contributed by atoms with Crippen molar-refractivity contribution in [3.63, 3.8) is 0 Å². The molecule has 32 heavy (non-hydrogen) atoms. The minimum atomic E-state index is -0.877. The molecule has 3 aromatic rings. The maximum atomic E-state index is 13.1. The van der Waals surface area contributed by atoms with Crippen molar-refractivity contribution < 1.29 is 19.6 Å². The zero-order valence-electron chi connectivity index (χ0n) is 17.5. The van der Waals surface area contributed by atoms with E-state index in [1.807, 2.05) is 38.1 Å². The summed E-state index contributed by atoms with van der Waals surface area (Å²) in [6.07, 6.45) is 0. The Kier molecular flexibility index (Phi) is 5.32. The van der Waals surface area contributed by atoms with Crippen LogP contribution in [0.4, 0.5) is 11.4 Å². The third-order valence-electron chi connectivity index (χ3n) is 5.57. The molecule has 3 aromatic carbocycles. The highest BCUT2D eigenvalue weighted by atomic mass is 16.6. The summed E-state index contributed by atoms with van der Waals surface area (Å²) in [4.78, 5) is 38.2. The highest BCUT2D eigenvalue weighted by Gasteiger charge is 2.47. The summed E-state index contributed by atoms with van der Waals surface area (Å²) in [6, 6.07) is 19.0. The number of nitrogens with zero attached hydrogens (tertiary/aromatic N) is 2. The molecule has 1 atom stereocenters. The van der Waals surface area contributed by atoms with Crippen LogP contribution in [0.25, 0.3) is 5.76 Å². The number of benzene rings is 3. The highest BCUT2D eigenvalue weighted by molar-refractivity contribution is 6.51. The van der Waals surface area contributed by atoms with Gasteiger partial charge in [0.2, 0.25) is 0 Å². The molecule has 7 heteroatoms. The van der Waals surface area contributed by atoms with Gasteiger partial charge in [0.25, 0.3) is 17.4 Å². The van der Waals surface area contributed by atoms with Crippen molar-refractivity contribution in [2.75, 3.05) is 4.90 Å². The molecule has 1 aliphatic heterocycles. The van der Waals surface area contributed by atoms with Gasteiger partial charge in [0, 0.05) is 23.4 Å². The van der Waals surface area contributed by atoms with Crippen molar-refractivity contribution in [3.8, 4) is 0 Å². The molecule has 0 radical (unpaired) electrons. The predicted molar refractivity (Wildman–Crippen MR) is 120 cm³/mol. The number of anilines is 1. The van der Waals surface area contributed by atoms with Crippen LogP contribution in [0.5, 0.6) is 0 Å². The minimum Gasteiger partial charge on any atom is -0.507 e. The molecule has 0 aliphatic carbocycles. The maximum Gasteiger partial charge on any atom is 0.300 e. The average molecular weight is 428 g/mol. The lowest BCUT2D eigenvalue weighted by Gasteiger charge is -2.26. The monoisotopic (exact) mass is 428 g/mol. The zero-order valence-corrected chi connectivity index (χ0v) is 17.5. The summed E-state index contributed by atoms with van der Waals surface area (Å²) < 4.78 is 0. The number of aryl methyl sites for hydroxylation is 2. The van der Waals surface area contributed by atoms with E-state index >= 15 is 0 Å². The molecular weight excluding hydrogens is 408 g/mol. The van der Waals surface area contributed by atoms with Gasteiger partial charge in [-0.2, -0.15) is 0 Å². The summed E-state index contributed by atoms with van der Waals surface area (Å²) in [6.45, 7) is 3.77. The lowest BCUT2D eigenvalue weighted by molar-refractivity contribution is -0.384. The SMILES string of the molecule is Cc1ccc(N2C(=O)C(=O)/C(=C(/O)c3cccc([N+](=O)[O-])c3)C2c2ccccc2C)cc1. The number of aliphatic hydroxyl groups excluding tert-OH is 1. The van der Waals surface area contributed by atoms with E-state index in [1.165, 1.54) is 29.2 Å². The molecule has 1 saturated heterocycles. The number of ketones is 1. The van der Waals surface area contributed by atoms with Gasteiger partial charge < -0.3 is 5.11 Å². The van der Waals surface area contributed by atoms with E-state index in [4.69, 9.17) is 0 Å². The number of carbonyl (C=O) groups is 2. The highest BCUT2D eigenvalue weighted by Crippen LogP contribution is 2.43. The van der Waals surface area contributed by atoms with Crippen molar-refractivity contribution in [2.24, 2.45) is 0 Å². The largest absolute Gasteiger partial charge is 0.507 e. The smallest absolute Gasteiger partial charge is 0.300 e. The normalized spacial score (nSPS) is 17.6. The van der Waals surface area contributed by atoms with Gasteiger partial charge in [-0.3, -0.25) is 24.6 Å². The fourth-order valence-electron chi connectivity index (χ4n) is 3.91. The summed E-state index contributed by atoms with van der Waals surface area (Å²) in [5.41, 5.74) is 2.79. The van der Waals surface area contributed by atoms with E-state index in [0.29, 0.717) is 11.3 Å². The first-order valence-corrected chi connectivity index (χ1v) is 9.97. The van der Waals surface area contributed by atoms with E-state index in [-0.39, 0.29) is 16.8 Å². The van der Waals surface area contributed by atoms with E-state index in [9.17, 15) is 24.8 Å². The minimum absolute atomic E-state index is 0.0969. The van der Waals surface area contributed by atoms with Crippen molar-refractivity contribution in [1.29, 1.82) is 0 Å². The van der Waals surface area contributed by atoms with Crippen LogP contribution >= 0.6 is 0 Å². The van der Waals surface area contributed by atoms with Crippen LogP contribution < -0.4 is 4.90 Å². The Morgan fingerprint density at radius 1 is 0.969 bits per heavy atom. The molecule has 1 amide bonds. The topological polar surface area (TPSA) is 101 Å². The lowest BCUT2D eigenvalue weighted by atomic mass is 9.92. The standard InChI is InChI=1S/C25H20N2O5/c1-15-10-12-18(13-11-15)26-22(20-9-4-3-6-16(20)2)21(24(29)25(26)30)23(28)17-7-5-8-19(14-17)27(31)32/h3-14,22,28H,1-2H3/b23-21+. The quantitative estimate of drug-likeness (QED) is 0.211. The number of carbonyl (C=O) groups excluding carboxylic acids is 2. The number of hydrogen-bond donors (Lipinski definition) is 1. The molecule has 1 aliphatic rings. The van der Waals surface area contributed by atoms with Crippen molar-refractivity contribution in [2.45, 2.75) is 19.9 Å². The van der Waals surface area contributed by atoms with E-state index in [2.05, 4.69) is 0 Å². The number of non-ortho nitro benzene ring substituents is 1. The van der Waals surface area contributed by atoms with Crippen LogP contribution in [0.3, 0.4) is 0 Å². The Labute approximate surface area is 184 Å². The molecule has 4 rings (SSSR count). The third-order valence-corrected chi connectivity index (χ3v) is 5.57. The second-order valence-electron chi connectivity index (χ2n) is 7.67. The van der Waals surface area contributed by atoms with Crippen LogP contribution in [-0.2, 0) is 9.59 Å². The fourth-order valence-corrected chi connectivity index (χ4v) is 3.91. The molecule has 1 heterocycles. The van der Waals surface area contributed by atoms with Gasteiger partial charge in [0.15, 0.2) is 0 Å². The van der Waals surface area contributed by atoms with Crippen LogP contribution in [-0.4, -0.2) is 21.7 Å². The van der Waals surface area contributed by atoms with Crippen LogP contribution in [0.1, 0.15) is 28.3 Å². The summed E-state index contributed by atoms with van der Waals surface area (Å²) in [5, 5.41) is 22.3. The molecule has 0 bridgehead atoms. The molecule has 0 aromatic heterocycles. The van der Waals surface area contributed by atoms with Gasteiger partial charge in [-0.25, -0.2) is 0 Å².